The first-order chi connectivity index (χ1) is 21.2. The number of rotatable bonds is 7. The van der Waals surface area contributed by atoms with E-state index in [4.69, 9.17) is 23.2 Å². The van der Waals surface area contributed by atoms with Crippen LogP contribution < -0.4 is 10.6 Å². The Morgan fingerprint density at radius 1 is 1.00 bits per heavy atom. The van der Waals surface area contributed by atoms with E-state index >= 15 is 0 Å². The molecule has 1 saturated heterocycles. The van der Waals surface area contributed by atoms with E-state index in [0.717, 1.165) is 37.2 Å². The minimum Gasteiger partial charge on any atom is -0.371 e. The Balaban J connectivity index is 1.36. The van der Waals surface area contributed by atoms with Gasteiger partial charge in [-0.05, 0) is 57.4 Å². The van der Waals surface area contributed by atoms with Crippen LogP contribution in [0.5, 0.6) is 0 Å². The van der Waals surface area contributed by atoms with Crippen LogP contribution >= 0.6 is 23.2 Å². The van der Waals surface area contributed by atoms with Crippen LogP contribution in [0, 0.1) is 11.3 Å². The van der Waals surface area contributed by atoms with Gasteiger partial charge in [0.2, 0.25) is 0 Å². The molecule has 6 rings (SSSR count). The number of nitrogens with zero attached hydrogens (tertiary/aromatic N) is 7. The maximum atomic E-state index is 9.92. The van der Waals surface area contributed by atoms with Gasteiger partial charge in [-0.15, -0.1) is 5.10 Å². The SMILES string of the molecule is CC(C)(C)N1CCC(n2cc([C@@H](Nc3cc(Cl)cc4c(Nc5cncc(Cl)c5)c(C#N)cnc34)c3ccccc3)nn2)CC1. The summed E-state index contributed by atoms with van der Waals surface area (Å²) < 4.78 is 2.02. The summed E-state index contributed by atoms with van der Waals surface area (Å²) >= 11 is 12.9. The third-order valence-electron chi connectivity index (χ3n) is 8.07. The summed E-state index contributed by atoms with van der Waals surface area (Å²) in [5, 5.41) is 27.8. The maximum absolute atomic E-state index is 9.92. The fourth-order valence-corrected chi connectivity index (χ4v) is 6.15. The smallest absolute Gasteiger partial charge is 0.109 e. The van der Waals surface area contributed by atoms with Crippen molar-refractivity contribution in [3.05, 3.63) is 100 Å². The van der Waals surface area contributed by atoms with Crippen molar-refractivity contribution in [2.45, 2.75) is 51.2 Å². The average molecular weight is 627 g/mol. The summed E-state index contributed by atoms with van der Waals surface area (Å²) in [6.07, 6.45) is 8.84. The zero-order valence-corrected chi connectivity index (χ0v) is 26.3. The standard InChI is InChI=1S/C33H33Cl2N9/c1-33(2,3)43-11-9-26(10-12-43)44-20-29(41-42-44)31(21-7-5-4-6-8-21)40-28-15-23(34)14-27-30(22(16-36)17-38-32(27)28)39-25-13-24(35)18-37-19-25/h4-8,13-15,17-20,26,31,40H,9-12H2,1-3H3,(H,38,39)/t31-/m0/s1. The molecule has 2 N–H and O–H groups in total. The zero-order chi connectivity index (χ0) is 30.8. The van der Waals surface area contributed by atoms with Gasteiger partial charge in [0.15, 0.2) is 0 Å². The van der Waals surface area contributed by atoms with Gasteiger partial charge in [0.05, 0.1) is 57.6 Å². The highest BCUT2D eigenvalue weighted by molar-refractivity contribution is 6.32. The Hall–Kier alpha value is -4.23. The highest BCUT2D eigenvalue weighted by Gasteiger charge is 2.29. The Morgan fingerprint density at radius 3 is 2.48 bits per heavy atom. The second kappa shape index (κ2) is 12.4. The molecule has 1 aliphatic heterocycles. The first kappa shape index (κ1) is 29.8. The van der Waals surface area contributed by atoms with Crippen molar-refractivity contribution < 1.29 is 0 Å². The molecule has 0 bridgehead atoms. The molecule has 0 aliphatic carbocycles. The number of halogens is 2. The molecule has 224 valence electrons. The number of aromatic nitrogens is 5. The van der Waals surface area contributed by atoms with E-state index in [1.807, 2.05) is 28.9 Å². The van der Waals surface area contributed by atoms with E-state index in [1.54, 1.807) is 30.7 Å². The van der Waals surface area contributed by atoms with Crippen LogP contribution in [0.1, 0.15) is 62.5 Å². The number of nitrogens with one attached hydrogen (secondary N) is 2. The fourth-order valence-electron chi connectivity index (χ4n) is 5.75. The lowest BCUT2D eigenvalue weighted by atomic mass is 9.98. The number of likely N-dealkylation sites (tertiary alicyclic amines) is 1. The third-order valence-corrected chi connectivity index (χ3v) is 8.50. The highest BCUT2D eigenvalue weighted by Crippen LogP contribution is 2.38. The van der Waals surface area contributed by atoms with Gasteiger partial charge in [-0.3, -0.25) is 14.9 Å². The number of hydrogen-bond donors (Lipinski definition) is 2. The first-order valence-corrected chi connectivity index (χ1v) is 15.3. The van der Waals surface area contributed by atoms with E-state index in [-0.39, 0.29) is 11.6 Å². The largest absolute Gasteiger partial charge is 0.371 e. The number of anilines is 3. The molecule has 0 saturated carbocycles. The number of nitriles is 1. The van der Waals surface area contributed by atoms with Crippen molar-refractivity contribution in [3.63, 3.8) is 0 Å². The van der Waals surface area contributed by atoms with Gasteiger partial charge >= 0.3 is 0 Å². The van der Waals surface area contributed by atoms with Gasteiger partial charge in [-0.2, -0.15) is 5.26 Å². The molecule has 3 aromatic heterocycles. The van der Waals surface area contributed by atoms with Crippen molar-refractivity contribution in [1.82, 2.24) is 29.9 Å². The molecule has 44 heavy (non-hydrogen) atoms. The second-order valence-corrected chi connectivity index (χ2v) is 12.9. The van der Waals surface area contributed by atoms with Crippen molar-refractivity contribution >= 4 is 51.2 Å². The number of hydrogen-bond acceptors (Lipinski definition) is 8. The lowest BCUT2D eigenvalue weighted by Crippen LogP contribution is -2.46. The van der Waals surface area contributed by atoms with Crippen LogP contribution in [-0.2, 0) is 0 Å². The highest BCUT2D eigenvalue weighted by atomic mass is 35.5. The van der Waals surface area contributed by atoms with Gasteiger partial charge in [0.1, 0.15) is 11.8 Å². The number of piperidine rings is 1. The minimum atomic E-state index is -0.327. The van der Waals surface area contributed by atoms with E-state index in [2.05, 4.69) is 81.0 Å². The molecule has 1 aliphatic rings. The van der Waals surface area contributed by atoms with E-state index in [1.165, 1.54) is 0 Å². The van der Waals surface area contributed by atoms with Crippen LogP contribution in [0.4, 0.5) is 17.1 Å². The van der Waals surface area contributed by atoms with Crippen LogP contribution in [0.25, 0.3) is 10.9 Å². The molecule has 0 amide bonds. The third kappa shape index (κ3) is 6.34. The van der Waals surface area contributed by atoms with Gasteiger partial charge in [-0.1, -0.05) is 58.7 Å². The molecule has 2 aromatic carbocycles. The van der Waals surface area contributed by atoms with Crippen molar-refractivity contribution in [2.75, 3.05) is 23.7 Å². The molecule has 0 unspecified atom stereocenters. The number of benzene rings is 2. The summed E-state index contributed by atoms with van der Waals surface area (Å²) in [6.45, 7) is 8.84. The summed E-state index contributed by atoms with van der Waals surface area (Å²) in [5.74, 6) is 0. The summed E-state index contributed by atoms with van der Waals surface area (Å²) in [6, 6.07) is 17.7. The Kier molecular flexibility index (Phi) is 8.41. The molecular formula is C33H33Cl2N9. The lowest BCUT2D eigenvalue weighted by Gasteiger charge is -2.40. The first-order valence-electron chi connectivity index (χ1n) is 14.6. The lowest BCUT2D eigenvalue weighted by molar-refractivity contribution is 0.0866. The quantitative estimate of drug-likeness (QED) is 0.189. The van der Waals surface area contributed by atoms with Gasteiger partial charge in [-0.25, -0.2) is 4.68 Å². The van der Waals surface area contributed by atoms with Crippen molar-refractivity contribution in [1.29, 1.82) is 5.26 Å². The summed E-state index contributed by atoms with van der Waals surface area (Å²) in [4.78, 5) is 11.4. The van der Waals surface area contributed by atoms with E-state index in [0.29, 0.717) is 49.6 Å². The maximum Gasteiger partial charge on any atom is 0.109 e. The molecule has 4 heterocycles. The topological polar surface area (TPSA) is 108 Å². The molecule has 5 aromatic rings. The molecule has 0 radical (unpaired) electrons. The van der Waals surface area contributed by atoms with Crippen molar-refractivity contribution in [3.8, 4) is 6.07 Å². The molecule has 1 fully saturated rings. The fraction of sp³-hybridized carbons (Fsp3) is 0.303. The van der Waals surface area contributed by atoms with E-state index < -0.39 is 0 Å². The normalized spacial score (nSPS) is 15.2. The summed E-state index contributed by atoms with van der Waals surface area (Å²) in [5.41, 5.74) is 4.89. The average Bonchev–Trinajstić information content (AvgIpc) is 3.50. The predicted octanol–water partition coefficient (Wildman–Crippen LogP) is 7.78. The van der Waals surface area contributed by atoms with Crippen LogP contribution in [0.15, 0.2) is 73.3 Å². The molecule has 11 heteroatoms. The second-order valence-electron chi connectivity index (χ2n) is 12.0. The Morgan fingerprint density at radius 2 is 1.77 bits per heavy atom. The van der Waals surface area contributed by atoms with E-state index in [9.17, 15) is 5.26 Å². The molecule has 0 spiro atoms. The summed E-state index contributed by atoms with van der Waals surface area (Å²) in [7, 11) is 0. The molecular weight excluding hydrogens is 593 g/mol. The van der Waals surface area contributed by atoms with Crippen LogP contribution in [0.2, 0.25) is 10.0 Å². The van der Waals surface area contributed by atoms with Crippen LogP contribution in [-0.4, -0.2) is 48.5 Å². The molecule has 1 atom stereocenters. The molecule has 9 nitrogen and oxygen atoms in total. The Bertz CT molecular complexity index is 1820. The Labute approximate surface area is 266 Å². The van der Waals surface area contributed by atoms with Gasteiger partial charge < -0.3 is 10.6 Å². The monoisotopic (exact) mass is 625 g/mol. The number of fused-ring (bicyclic) bond motifs is 1. The van der Waals surface area contributed by atoms with Crippen LogP contribution in [0.3, 0.4) is 0 Å². The zero-order valence-electron chi connectivity index (χ0n) is 24.8. The number of pyridine rings is 2. The predicted molar refractivity (Wildman–Crippen MR) is 176 cm³/mol. The van der Waals surface area contributed by atoms with Crippen molar-refractivity contribution in [2.24, 2.45) is 0 Å². The van der Waals surface area contributed by atoms with Gasteiger partial charge in [0.25, 0.3) is 0 Å². The van der Waals surface area contributed by atoms with Gasteiger partial charge in [0, 0.05) is 41.4 Å². The minimum absolute atomic E-state index is 0.156.